The van der Waals surface area contributed by atoms with E-state index in [2.05, 4.69) is 14.7 Å². The molecule has 0 spiro atoms. The molecule has 0 radical (unpaired) electrons. The van der Waals surface area contributed by atoms with Crippen molar-refractivity contribution in [3.05, 3.63) is 65.5 Å². The highest BCUT2D eigenvalue weighted by Crippen LogP contribution is 2.15. The Bertz CT molecular complexity index is 968. The van der Waals surface area contributed by atoms with Crippen LogP contribution in [0.4, 0.5) is 0 Å². The lowest BCUT2D eigenvalue weighted by molar-refractivity contribution is 0.580. The molecule has 3 rings (SSSR count). The normalized spacial score (nSPS) is 11.7. The second kappa shape index (κ2) is 6.06. The highest BCUT2D eigenvalue weighted by atomic mass is 32.2. The molecule has 0 aliphatic carbocycles. The van der Waals surface area contributed by atoms with E-state index < -0.39 is 10.0 Å². The zero-order chi connectivity index (χ0) is 16.4. The van der Waals surface area contributed by atoms with Crippen molar-refractivity contribution in [2.24, 2.45) is 0 Å². The van der Waals surface area contributed by atoms with Crippen molar-refractivity contribution in [3.8, 4) is 0 Å². The Balaban J connectivity index is 1.81. The van der Waals surface area contributed by atoms with Crippen LogP contribution in [0, 0.1) is 13.8 Å². The number of nitrogens with zero attached hydrogens (tertiary/aromatic N) is 2. The molecule has 1 N–H and O–H groups in total. The van der Waals surface area contributed by atoms with E-state index in [0.717, 1.165) is 22.2 Å². The topological polar surface area (TPSA) is 72.0 Å². The Hall–Kier alpha value is -2.31. The fourth-order valence-electron chi connectivity index (χ4n) is 2.21. The van der Waals surface area contributed by atoms with E-state index in [0.29, 0.717) is 5.69 Å². The Morgan fingerprint density at radius 2 is 1.74 bits per heavy atom. The first-order valence-electron chi connectivity index (χ1n) is 7.23. The van der Waals surface area contributed by atoms with E-state index in [1.807, 2.05) is 38.1 Å². The molecule has 0 fully saturated rings. The molecule has 0 amide bonds. The molecule has 0 aliphatic heterocycles. The van der Waals surface area contributed by atoms with Gasteiger partial charge in [0.15, 0.2) is 0 Å². The van der Waals surface area contributed by atoms with Gasteiger partial charge in [-0.3, -0.25) is 4.98 Å². The summed E-state index contributed by atoms with van der Waals surface area (Å²) in [5.74, 6) is 0. The Morgan fingerprint density at radius 3 is 2.48 bits per heavy atom. The van der Waals surface area contributed by atoms with Gasteiger partial charge in [-0.25, -0.2) is 18.1 Å². The maximum absolute atomic E-state index is 12.4. The van der Waals surface area contributed by atoms with Gasteiger partial charge in [-0.2, -0.15) is 0 Å². The summed E-state index contributed by atoms with van der Waals surface area (Å²) in [6.45, 7) is 3.94. The standard InChI is InChI=1S/C17H17N3O2S/c1-12-7-8-15(9-13(12)2)23(21,22)19-11-14-10-18-16-5-3-4-6-17(16)20-14/h3-10,19H,11H2,1-2H3. The van der Waals surface area contributed by atoms with Crippen LogP contribution in [0.2, 0.25) is 0 Å². The van der Waals surface area contributed by atoms with E-state index in [-0.39, 0.29) is 11.4 Å². The van der Waals surface area contributed by atoms with Crippen LogP contribution < -0.4 is 4.72 Å². The van der Waals surface area contributed by atoms with Crippen molar-refractivity contribution in [2.75, 3.05) is 0 Å². The number of hydrogen-bond acceptors (Lipinski definition) is 4. The molecule has 0 saturated heterocycles. The Kier molecular flexibility index (Phi) is 4.11. The van der Waals surface area contributed by atoms with Gasteiger partial charge < -0.3 is 0 Å². The monoisotopic (exact) mass is 327 g/mol. The quantitative estimate of drug-likeness (QED) is 0.800. The van der Waals surface area contributed by atoms with Crippen LogP contribution in [0.5, 0.6) is 0 Å². The molecule has 6 heteroatoms. The van der Waals surface area contributed by atoms with Gasteiger partial charge >= 0.3 is 0 Å². The lowest BCUT2D eigenvalue weighted by atomic mass is 10.1. The van der Waals surface area contributed by atoms with E-state index in [1.54, 1.807) is 24.4 Å². The Morgan fingerprint density at radius 1 is 1.00 bits per heavy atom. The van der Waals surface area contributed by atoms with Gasteiger partial charge in [0.25, 0.3) is 0 Å². The fraction of sp³-hybridized carbons (Fsp3) is 0.176. The molecule has 118 valence electrons. The largest absolute Gasteiger partial charge is 0.253 e. The molecule has 23 heavy (non-hydrogen) atoms. The van der Waals surface area contributed by atoms with E-state index in [1.165, 1.54) is 0 Å². The van der Waals surface area contributed by atoms with Crippen LogP contribution in [0.25, 0.3) is 11.0 Å². The summed E-state index contributed by atoms with van der Waals surface area (Å²) < 4.78 is 27.3. The maximum atomic E-state index is 12.4. The smallest absolute Gasteiger partial charge is 0.240 e. The summed E-state index contributed by atoms with van der Waals surface area (Å²) in [7, 11) is -3.57. The third-order valence-electron chi connectivity index (χ3n) is 3.73. The zero-order valence-electron chi connectivity index (χ0n) is 12.9. The number of para-hydroxylation sites is 2. The SMILES string of the molecule is Cc1ccc(S(=O)(=O)NCc2cnc3ccccc3n2)cc1C. The second-order valence-corrected chi connectivity index (χ2v) is 7.19. The molecular formula is C17H17N3O2S. The molecular weight excluding hydrogens is 310 g/mol. The van der Waals surface area contributed by atoms with Gasteiger partial charge in [0, 0.05) is 0 Å². The first-order chi connectivity index (χ1) is 11.0. The van der Waals surface area contributed by atoms with Crippen LogP contribution >= 0.6 is 0 Å². The molecule has 5 nitrogen and oxygen atoms in total. The number of hydrogen-bond donors (Lipinski definition) is 1. The summed E-state index contributed by atoms with van der Waals surface area (Å²) >= 11 is 0. The first kappa shape index (κ1) is 15.6. The predicted octanol–water partition coefficient (Wildman–Crippen LogP) is 2.73. The first-order valence-corrected chi connectivity index (χ1v) is 8.71. The minimum Gasteiger partial charge on any atom is -0.253 e. The summed E-state index contributed by atoms with van der Waals surface area (Å²) in [6, 6.07) is 12.6. The number of aromatic nitrogens is 2. The molecule has 0 atom stereocenters. The average molecular weight is 327 g/mol. The predicted molar refractivity (Wildman–Crippen MR) is 89.5 cm³/mol. The zero-order valence-corrected chi connectivity index (χ0v) is 13.8. The molecule has 0 unspecified atom stereocenters. The van der Waals surface area contributed by atoms with Gasteiger partial charge in [-0.05, 0) is 49.2 Å². The molecule has 0 saturated carbocycles. The summed E-state index contributed by atoms with van der Waals surface area (Å²) in [5, 5.41) is 0. The number of benzene rings is 2. The van der Waals surface area contributed by atoms with E-state index in [4.69, 9.17) is 0 Å². The van der Waals surface area contributed by atoms with Crippen LogP contribution in [0.1, 0.15) is 16.8 Å². The highest BCUT2D eigenvalue weighted by Gasteiger charge is 2.14. The van der Waals surface area contributed by atoms with Crippen molar-refractivity contribution in [1.29, 1.82) is 0 Å². The summed E-state index contributed by atoms with van der Waals surface area (Å²) in [5.41, 5.74) is 4.11. The van der Waals surface area contributed by atoms with E-state index >= 15 is 0 Å². The summed E-state index contributed by atoms with van der Waals surface area (Å²) in [4.78, 5) is 8.96. The van der Waals surface area contributed by atoms with Crippen molar-refractivity contribution in [2.45, 2.75) is 25.3 Å². The lowest BCUT2D eigenvalue weighted by Gasteiger charge is -2.08. The minimum atomic E-state index is -3.57. The van der Waals surface area contributed by atoms with Crippen molar-refractivity contribution in [3.63, 3.8) is 0 Å². The Labute approximate surface area is 135 Å². The second-order valence-electron chi connectivity index (χ2n) is 5.42. The molecule has 0 aliphatic rings. The molecule has 0 bridgehead atoms. The van der Waals surface area contributed by atoms with Gasteiger partial charge in [0.05, 0.1) is 34.4 Å². The summed E-state index contributed by atoms with van der Waals surface area (Å²) in [6.07, 6.45) is 1.59. The number of sulfonamides is 1. The number of aryl methyl sites for hydroxylation is 2. The van der Waals surface area contributed by atoms with Crippen LogP contribution in [-0.2, 0) is 16.6 Å². The van der Waals surface area contributed by atoms with E-state index in [9.17, 15) is 8.42 Å². The number of fused-ring (bicyclic) bond motifs is 1. The third-order valence-corrected chi connectivity index (χ3v) is 5.13. The van der Waals surface area contributed by atoms with Gasteiger partial charge in [-0.15, -0.1) is 0 Å². The van der Waals surface area contributed by atoms with Gasteiger partial charge in [-0.1, -0.05) is 18.2 Å². The molecule has 2 aromatic carbocycles. The maximum Gasteiger partial charge on any atom is 0.240 e. The average Bonchev–Trinajstić information content (AvgIpc) is 2.55. The molecule has 1 heterocycles. The number of nitrogens with one attached hydrogen (secondary N) is 1. The molecule has 1 aromatic heterocycles. The minimum absolute atomic E-state index is 0.104. The molecule has 3 aromatic rings. The van der Waals surface area contributed by atoms with Crippen LogP contribution in [0.15, 0.2) is 53.6 Å². The fourth-order valence-corrected chi connectivity index (χ4v) is 3.30. The third kappa shape index (κ3) is 3.38. The highest BCUT2D eigenvalue weighted by molar-refractivity contribution is 7.89. The van der Waals surface area contributed by atoms with Gasteiger partial charge in [0.1, 0.15) is 0 Å². The number of rotatable bonds is 4. The van der Waals surface area contributed by atoms with Crippen LogP contribution in [0.3, 0.4) is 0 Å². The van der Waals surface area contributed by atoms with Crippen molar-refractivity contribution < 1.29 is 8.42 Å². The lowest BCUT2D eigenvalue weighted by Crippen LogP contribution is -2.24. The van der Waals surface area contributed by atoms with Crippen molar-refractivity contribution >= 4 is 21.1 Å². The van der Waals surface area contributed by atoms with Crippen molar-refractivity contribution in [1.82, 2.24) is 14.7 Å². The van der Waals surface area contributed by atoms with Gasteiger partial charge in [0.2, 0.25) is 10.0 Å². The van der Waals surface area contributed by atoms with Crippen LogP contribution in [-0.4, -0.2) is 18.4 Å².